The Morgan fingerprint density at radius 1 is 1.17 bits per heavy atom. The third-order valence-corrected chi connectivity index (χ3v) is 3.98. The van der Waals surface area contributed by atoms with Crippen molar-refractivity contribution < 1.29 is 19.4 Å². The van der Waals surface area contributed by atoms with Gasteiger partial charge in [-0.1, -0.05) is 0 Å². The lowest BCUT2D eigenvalue weighted by Crippen LogP contribution is -2.43. The maximum absolute atomic E-state index is 12.0. The molecule has 0 bridgehead atoms. The van der Waals surface area contributed by atoms with E-state index < -0.39 is 5.97 Å². The molecule has 5 heteroatoms. The average molecular weight is 255 g/mol. The first-order valence-electron chi connectivity index (χ1n) is 6.71. The number of hydrogen-bond donors (Lipinski definition) is 2. The van der Waals surface area contributed by atoms with Gasteiger partial charge in [0.05, 0.1) is 12.0 Å². The van der Waals surface area contributed by atoms with Crippen LogP contribution < -0.4 is 5.32 Å². The number of hydrogen-bond acceptors (Lipinski definition) is 3. The van der Waals surface area contributed by atoms with Crippen molar-refractivity contribution in [3.8, 4) is 0 Å². The molecule has 1 aliphatic heterocycles. The van der Waals surface area contributed by atoms with E-state index in [9.17, 15) is 9.59 Å². The van der Waals surface area contributed by atoms with E-state index in [1.807, 2.05) is 6.92 Å². The molecular weight excluding hydrogens is 234 g/mol. The van der Waals surface area contributed by atoms with Gasteiger partial charge in [-0.25, -0.2) is 0 Å². The molecule has 102 valence electrons. The molecule has 1 saturated carbocycles. The monoisotopic (exact) mass is 255 g/mol. The van der Waals surface area contributed by atoms with Crippen LogP contribution in [0.5, 0.6) is 0 Å². The lowest BCUT2D eigenvalue weighted by Gasteiger charge is -2.28. The highest BCUT2D eigenvalue weighted by atomic mass is 16.5. The first-order chi connectivity index (χ1) is 8.56. The standard InChI is InChI=1S/C13H21NO4/c1-8-6-11(4-5-18-8)14-12(15)9-2-3-10(7-9)13(16)17/h8-11H,2-7H2,1H3,(H,14,15)(H,16,17). The zero-order chi connectivity index (χ0) is 13.1. The normalized spacial score (nSPS) is 36.3. The van der Waals surface area contributed by atoms with Crippen molar-refractivity contribution in [2.24, 2.45) is 11.8 Å². The number of carboxylic acids is 1. The number of carboxylic acid groups (broad SMARTS) is 1. The second-order valence-electron chi connectivity index (χ2n) is 5.46. The molecule has 2 rings (SSSR count). The third-order valence-electron chi connectivity index (χ3n) is 3.98. The van der Waals surface area contributed by atoms with E-state index in [4.69, 9.17) is 9.84 Å². The molecule has 2 aliphatic rings. The van der Waals surface area contributed by atoms with Gasteiger partial charge in [-0.15, -0.1) is 0 Å². The molecule has 5 nitrogen and oxygen atoms in total. The van der Waals surface area contributed by atoms with Gasteiger partial charge in [0.1, 0.15) is 0 Å². The molecule has 0 aromatic heterocycles. The summed E-state index contributed by atoms with van der Waals surface area (Å²) in [6.45, 7) is 2.70. The third kappa shape index (κ3) is 3.22. The Kier molecular flexibility index (Phi) is 4.22. The maximum Gasteiger partial charge on any atom is 0.306 e. The Morgan fingerprint density at radius 3 is 2.50 bits per heavy atom. The van der Waals surface area contributed by atoms with Crippen molar-refractivity contribution >= 4 is 11.9 Å². The van der Waals surface area contributed by atoms with Crippen molar-refractivity contribution in [1.82, 2.24) is 5.32 Å². The Balaban J connectivity index is 1.80. The molecule has 4 unspecified atom stereocenters. The van der Waals surface area contributed by atoms with Gasteiger partial charge in [-0.2, -0.15) is 0 Å². The molecule has 1 saturated heterocycles. The Hall–Kier alpha value is -1.10. The molecule has 18 heavy (non-hydrogen) atoms. The fourth-order valence-corrected chi connectivity index (χ4v) is 2.89. The maximum atomic E-state index is 12.0. The summed E-state index contributed by atoms with van der Waals surface area (Å²) in [5.41, 5.74) is 0. The van der Waals surface area contributed by atoms with Crippen molar-refractivity contribution in [3.05, 3.63) is 0 Å². The first-order valence-corrected chi connectivity index (χ1v) is 6.71. The molecule has 0 spiro atoms. The second-order valence-corrected chi connectivity index (χ2v) is 5.46. The fraction of sp³-hybridized carbons (Fsp3) is 0.846. The van der Waals surface area contributed by atoms with Crippen LogP contribution in [0, 0.1) is 11.8 Å². The highest BCUT2D eigenvalue weighted by Gasteiger charge is 2.34. The number of carbonyl (C=O) groups is 2. The minimum atomic E-state index is -0.773. The number of rotatable bonds is 3. The summed E-state index contributed by atoms with van der Waals surface area (Å²) >= 11 is 0. The van der Waals surface area contributed by atoms with E-state index in [1.165, 1.54) is 0 Å². The zero-order valence-corrected chi connectivity index (χ0v) is 10.7. The summed E-state index contributed by atoms with van der Waals surface area (Å²) in [6.07, 6.45) is 3.70. The van der Waals surface area contributed by atoms with Gasteiger partial charge < -0.3 is 15.2 Å². The van der Waals surface area contributed by atoms with Crippen LogP contribution in [0.1, 0.15) is 39.0 Å². The second kappa shape index (κ2) is 5.69. The number of amides is 1. The number of nitrogens with one attached hydrogen (secondary N) is 1. The molecule has 2 fully saturated rings. The van der Waals surface area contributed by atoms with Crippen molar-refractivity contribution in [3.63, 3.8) is 0 Å². The largest absolute Gasteiger partial charge is 0.481 e. The highest BCUT2D eigenvalue weighted by molar-refractivity contribution is 5.81. The summed E-state index contributed by atoms with van der Waals surface area (Å²) in [7, 11) is 0. The molecule has 1 heterocycles. The van der Waals surface area contributed by atoms with Gasteiger partial charge in [-0.3, -0.25) is 9.59 Å². The van der Waals surface area contributed by atoms with Crippen LogP contribution in [-0.4, -0.2) is 35.7 Å². The van der Waals surface area contributed by atoms with Crippen LogP contribution in [-0.2, 0) is 14.3 Å². The smallest absolute Gasteiger partial charge is 0.306 e. The van der Waals surface area contributed by atoms with Crippen molar-refractivity contribution in [1.29, 1.82) is 0 Å². The van der Waals surface area contributed by atoms with Gasteiger partial charge in [0.15, 0.2) is 0 Å². The lowest BCUT2D eigenvalue weighted by atomic mass is 10.0. The molecule has 4 atom stereocenters. The van der Waals surface area contributed by atoms with Crippen LogP contribution in [0.15, 0.2) is 0 Å². The Morgan fingerprint density at radius 2 is 1.89 bits per heavy atom. The minimum absolute atomic E-state index is 0.0258. The topological polar surface area (TPSA) is 75.6 Å². The van der Waals surface area contributed by atoms with Crippen molar-refractivity contribution in [2.75, 3.05) is 6.61 Å². The van der Waals surface area contributed by atoms with E-state index in [1.54, 1.807) is 0 Å². The van der Waals surface area contributed by atoms with Crippen LogP contribution in [0.2, 0.25) is 0 Å². The Labute approximate surface area is 107 Å². The molecule has 0 aromatic rings. The molecule has 1 aliphatic carbocycles. The SMILES string of the molecule is CC1CC(NC(=O)C2CCC(C(=O)O)C2)CCO1. The van der Waals surface area contributed by atoms with Gasteiger partial charge in [0.25, 0.3) is 0 Å². The molecule has 0 aromatic carbocycles. The number of ether oxygens (including phenoxy) is 1. The minimum Gasteiger partial charge on any atom is -0.481 e. The van der Waals surface area contributed by atoms with Crippen LogP contribution >= 0.6 is 0 Å². The predicted octanol–water partition coefficient (Wildman–Crippen LogP) is 1.17. The van der Waals surface area contributed by atoms with E-state index in [2.05, 4.69) is 5.32 Å². The Bertz CT molecular complexity index is 331. The number of aliphatic carboxylic acids is 1. The van der Waals surface area contributed by atoms with E-state index in [0.717, 1.165) is 12.8 Å². The fourth-order valence-electron chi connectivity index (χ4n) is 2.89. The van der Waals surface area contributed by atoms with Gasteiger partial charge in [0, 0.05) is 18.6 Å². The van der Waals surface area contributed by atoms with E-state index in [0.29, 0.717) is 25.9 Å². The molecule has 0 radical (unpaired) electrons. The van der Waals surface area contributed by atoms with Gasteiger partial charge >= 0.3 is 5.97 Å². The summed E-state index contributed by atoms with van der Waals surface area (Å²) in [4.78, 5) is 22.9. The molecule has 1 amide bonds. The summed E-state index contributed by atoms with van der Waals surface area (Å²) in [5.74, 6) is -1.21. The van der Waals surface area contributed by atoms with E-state index in [-0.39, 0.29) is 29.9 Å². The molecule has 2 N–H and O–H groups in total. The quantitative estimate of drug-likeness (QED) is 0.793. The zero-order valence-electron chi connectivity index (χ0n) is 10.7. The first kappa shape index (κ1) is 13.3. The van der Waals surface area contributed by atoms with Crippen LogP contribution in [0.3, 0.4) is 0 Å². The average Bonchev–Trinajstić information content (AvgIpc) is 2.78. The van der Waals surface area contributed by atoms with E-state index >= 15 is 0 Å². The predicted molar refractivity (Wildman–Crippen MR) is 65.0 cm³/mol. The van der Waals surface area contributed by atoms with Crippen molar-refractivity contribution in [2.45, 2.75) is 51.2 Å². The number of carbonyl (C=O) groups excluding carboxylic acids is 1. The molecular formula is C13H21NO4. The summed E-state index contributed by atoms with van der Waals surface area (Å²) < 4.78 is 5.43. The lowest BCUT2D eigenvalue weighted by molar-refractivity contribution is -0.141. The highest BCUT2D eigenvalue weighted by Crippen LogP contribution is 2.31. The summed E-state index contributed by atoms with van der Waals surface area (Å²) in [5, 5.41) is 12.0. The summed E-state index contributed by atoms with van der Waals surface area (Å²) in [6, 6.07) is 0.185. The van der Waals surface area contributed by atoms with Gasteiger partial charge in [0.2, 0.25) is 5.91 Å². The van der Waals surface area contributed by atoms with Gasteiger partial charge in [-0.05, 0) is 39.0 Å². The van der Waals surface area contributed by atoms with Crippen LogP contribution in [0.4, 0.5) is 0 Å². The van der Waals surface area contributed by atoms with Crippen LogP contribution in [0.25, 0.3) is 0 Å².